The summed E-state index contributed by atoms with van der Waals surface area (Å²) in [5.41, 5.74) is 0.929. The van der Waals surface area contributed by atoms with Crippen molar-refractivity contribution in [2.45, 2.75) is 25.3 Å². The van der Waals surface area contributed by atoms with Crippen molar-refractivity contribution < 1.29 is 4.39 Å². The Bertz CT molecular complexity index is 568. The number of likely N-dealkylation sites (tertiary alicyclic amines) is 1. The number of hydrogen-bond donors (Lipinski definition) is 2. The van der Waals surface area contributed by atoms with Gasteiger partial charge in [0, 0.05) is 44.3 Å². The van der Waals surface area contributed by atoms with Crippen LogP contribution in [-0.4, -0.2) is 50.1 Å². The number of piperidine rings is 1. The van der Waals surface area contributed by atoms with Gasteiger partial charge in [0.15, 0.2) is 5.96 Å². The Hall–Kier alpha value is -1.59. The standard InChI is InChI=1S/C18H26ClFN4/c1-3-10-24-11-7-16(8-12-24)23-18(21-2)22-9-6-14-4-5-15(20)13-17(14)19/h3-5,13,16H,1,6-12H2,2H3,(H2,21,22,23). The molecule has 1 heterocycles. The van der Waals surface area contributed by atoms with Crippen LogP contribution in [0.2, 0.25) is 5.02 Å². The molecule has 1 saturated heterocycles. The van der Waals surface area contributed by atoms with Crippen LogP contribution in [-0.2, 0) is 6.42 Å². The van der Waals surface area contributed by atoms with Gasteiger partial charge in [-0.15, -0.1) is 6.58 Å². The zero-order valence-electron chi connectivity index (χ0n) is 14.2. The van der Waals surface area contributed by atoms with Crippen LogP contribution in [0.3, 0.4) is 0 Å². The second kappa shape index (κ2) is 9.64. The summed E-state index contributed by atoms with van der Waals surface area (Å²) in [5.74, 6) is 0.493. The molecule has 4 nitrogen and oxygen atoms in total. The van der Waals surface area contributed by atoms with Gasteiger partial charge in [-0.3, -0.25) is 9.89 Å². The predicted molar refractivity (Wildman–Crippen MR) is 99.3 cm³/mol. The fourth-order valence-electron chi connectivity index (χ4n) is 2.87. The topological polar surface area (TPSA) is 39.7 Å². The van der Waals surface area contributed by atoms with E-state index in [1.807, 2.05) is 6.08 Å². The number of benzene rings is 1. The lowest BCUT2D eigenvalue weighted by molar-refractivity contribution is 0.225. The largest absolute Gasteiger partial charge is 0.356 e. The Morgan fingerprint density at radius 1 is 1.46 bits per heavy atom. The molecule has 6 heteroatoms. The molecule has 1 aromatic rings. The Morgan fingerprint density at radius 3 is 2.83 bits per heavy atom. The van der Waals surface area contributed by atoms with E-state index >= 15 is 0 Å². The van der Waals surface area contributed by atoms with Gasteiger partial charge in [0.2, 0.25) is 0 Å². The molecule has 24 heavy (non-hydrogen) atoms. The monoisotopic (exact) mass is 352 g/mol. The second-order valence-electron chi connectivity index (χ2n) is 5.99. The highest BCUT2D eigenvalue weighted by atomic mass is 35.5. The number of nitrogens with zero attached hydrogens (tertiary/aromatic N) is 2. The molecule has 0 atom stereocenters. The molecule has 2 N–H and O–H groups in total. The zero-order chi connectivity index (χ0) is 17.4. The van der Waals surface area contributed by atoms with Gasteiger partial charge in [-0.25, -0.2) is 4.39 Å². The summed E-state index contributed by atoms with van der Waals surface area (Å²) in [5, 5.41) is 7.24. The van der Waals surface area contributed by atoms with Crippen molar-refractivity contribution in [1.82, 2.24) is 15.5 Å². The number of hydrogen-bond acceptors (Lipinski definition) is 2. The first-order chi connectivity index (χ1) is 11.6. The second-order valence-corrected chi connectivity index (χ2v) is 6.40. The van der Waals surface area contributed by atoms with Crippen LogP contribution in [0.15, 0.2) is 35.8 Å². The first-order valence-corrected chi connectivity index (χ1v) is 8.74. The summed E-state index contributed by atoms with van der Waals surface area (Å²) < 4.78 is 13.1. The van der Waals surface area contributed by atoms with E-state index in [0.29, 0.717) is 17.6 Å². The molecule has 1 fully saturated rings. The maximum absolute atomic E-state index is 13.1. The summed E-state index contributed by atoms with van der Waals surface area (Å²) in [4.78, 5) is 6.68. The first-order valence-electron chi connectivity index (χ1n) is 8.36. The molecule has 0 amide bonds. The van der Waals surface area contributed by atoms with Gasteiger partial charge in [0.25, 0.3) is 0 Å². The molecule has 2 rings (SSSR count). The Labute approximate surface area is 148 Å². The maximum Gasteiger partial charge on any atom is 0.191 e. The summed E-state index contributed by atoms with van der Waals surface area (Å²) in [7, 11) is 1.77. The van der Waals surface area contributed by atoms with Crippen LogP contribution in [0.25, 0.3) is 0 Å². The van der Waals surface area contributed by atoms with Crippen LogP contribution in [0, 0.1) is 5.82 Å². The van der Waals surface area contributed by atoms with E-state index in [9.17, 15) is 4.39 Å². The van der Waals surface area contributed by atoms with Gasteiger partial charge in [-0.2, -0.15) is 0 Å². The molecule has 1 aliphatic rings. The van der Waals surface area contributed by atoms with Crippen molar-refractivity contribution in [3.63, 3.8) is 0 Å². The molecule has 0 radical (unpaired) electrons. The summed E-state index contributed by atoms with van der Waals surface area (Å²) in [6.07, 6.45) is 4.86. The number of aliphatic imine (C=N–C) groups is 1. The molecule has 132 valence electrons. The number of rotatable bonds is 6. The fraction of sp³-hybridized carbons (Fsp3) is 0.500. The molecular formula is C18H26ClFN4. The van der Waals surface area contributed by atoms with Crippen molar-refractivity contribution in [2.24, 2.45) is 4.99 Å². The van der Waals surface area contributed by atoms with Gasteiger partial charge in [0.1, 0.15) is 5.82 Å². The first kappa shape index (κ1) is 18.7. The molecule has 0 spiro atoms. The highest BCUT2D eigenvalue weighted by Gasteiger charge is 2.18. The zero-order valence-corrected chi connectivity index (χ0v) is 14.9. The fourth-order valence-corrected chi connectivity index (χ4v) is 3.13. The number of halogens is 2. The van der Waals surface area contributed by atoms with E-state index in [2.05, 4.69) is 27.1 Å². The number of guanidine groups is 1. The van der Waals surface area contributed by atoms with Gasteiger partial charge in [-0.05, 0) is 37.0 Å². The SMILES string of the molecule is C=CCN1CCC(NC(=NC)NCCc2ccc(F)cc2Cl)CC1. The smallest absolute Gasteiger partial charge is 0.191 e. The quantitative estimate of drug-likeness (QED) is 0.470. The van der Waals surface area contributed by atoms with Crippen molar-refractivity contribution in [3.05, 3.63) is 47.3 Å². The lowest BCUT2D eigenvalue weighted by Gasteiger charge is -2.32. The van der Waals surface area contributed by atoms with E-state index in [-0.39, 0.29) is 5.82 Å². The molecule has 0 unspecified atom stereocenters. The predicted octanol–water partition coefficient (Wildman–Crippen LogP) is 2.84. The van der Waals surface area contributed by atoms with Crippen molar-refractivity contribution in [1.29, 1.82) is 0 Å². The van der Waals surface area contributed by atoms with E-state index in [4.69, 9.17) is 11.6 Å². The lowest BCUT2D eigenvalue weighted by Crippen LogP contribution is -2.49. The average molecular weight is 353 g/mol. The maximum atomic E-state index is 13.1. The van der Waals surface area contributed by atoms with Gasteiger partial charge < -0.3 is 10.6 Å². The van der Waals surface area contributed by atoms with E-state index in [0.717, 1.165) is 50.4 Å². The van der Waals surface area contributed by atoms with Gasteiger partial charge >= 0.3 is 0 Å². The summed E-state index contributed by atoms with van der Waals surface area (Å²) >= 11 is 6.05. The molecule has 1 aliphatic heterocycles. The highest BCUT2D eigenvalue weighted by Crippen LogP contribution is 2.17. The van der Waals surface area contributed by atoms with Crippen molar-refractivity contribution >= 4 is 17.6 Å². The summed E-state index contributed by atoms with van der Waals surface area (Å²) in [6, 6.07) is 4.95. The third-order valence-corrected chi connectivity index (χ3v) is 4.59. The molecule has 0 saturated carbocycles. The third-order valence-electron chi connectivity index (χ3n) is 4.24. The molecular weight excluding hydrogens is 327 g/mol. The Kier molecular flexibility index (Phi) is 7.53. The van der Waals surface area contributed by atoms with Crippen molar-refractivity contribution in [2.75, 3.05) is 33.2 Å². The van der Waals surface area contributed by atoms with Gasteiger partial charge in [-0.1, -0.05) is 23.7 Å². The minimum atomic E-state index is -0.308. The van der Waals surface area contributed by atoms with Crippen LogP contribution in [0.5, 0.6) is 0 Å². The van der Waals surface area contributed by atoms with Gasteiger partial charge in [0.05, 0.1) is 0 Å². The molecule has 0 bridgehead atoms. The highest BCUT2D eigenvalue weighted by molar-refractivity contribution is 6.31. The van der Waals surface area contributed by atoms with E-state index in [1.165, 1.54) is 12.1 Å². The number of nitrogens with one attached hydrogen (secondary N) is 2. The minimum Gasteiger partial charge on any atom is -0.356 e. The lowest BCUT2D eigenvalue weighted by atomic mass is 10.1. The van der Waals surface area contributed by atoms with Crippen LogP contribution in [0.1, 0.15) is 18.4 Å². The van der Waals surface area contributed by atoms with Crippen molar-refractivity contribution in [3.8, 4) is 0 Å². The van der Waals surface area contributed by atoms with Crippen LogP contribution < -0.4 is 10.6 Å². The van der Waals surface area contributed by atoms with Crippen LogP contribution in [0.4, 0.5) is 4.39 Å². The average Bonchev–Trinajstić information content (AvgIpc) is 2.57. The molecule has 1 aromatic carbocycles. The van der Waals surface area contributed by atoms with E-state index < -0.39 is 0 Å². The van der Waals surface area contributed by atoms with E-state index in [1.54, 1.807) is 13.1 Å². The van der Waals surface area contributed by atoms with Crippen LogP contribution >= 0.6 is 11.6 Å². The molecule has 0 aromatic heterocycles. The Balaban J connectivity index is 1.74. The summed E-state index contributed by atoms with van der Waals surface area (Å²) in [6.45, 7) is 7.59. The normalized spacial score (nSPS) is 16.9. The molecule has 0 aliphatic carbocycles. The third kappa shape index (κ3) is 5.80. The minimum absolute atomic E-state index is 0.308. The Morgan fingerprint density at radius 2 is 2.21 bits per heavy atom.